The third-order valence-corrected chi connectivity index (χ3v) is 12.6. The van der Waals surface area contributed by atoms with Crippen LogP contribution in [0, 0.1) is 0 Å². The lowest BCUT2D eigenvalue weighted by Gasteiger charge is -2.36. The molecule has 0 spiro atoms. The molecule has 0 radical (unpaired) electrons. The molecule has 4 N–H and O–H groups in total. The van der Waals surface area contributed by atoms with Gasteiger partial charge in [0.15, 0.2) is 5.82 Å². The minimum Gasteiger partial charge on any atom is -0.385 e. The van der Waals surface area contributed by atoms with Gasteiger partial charge in [-0.3, -0.25) is 34.2 Å². The van der Waals surface area contributed by atoms with E-state index in [4.69, 9.17) is 10.5 Å². The van der Waals surface area contributed by atoms with Crippen LogP contribution in [0.4, 0.5) is 32.3 Å². The summed E-state index contributed by atoms with van der Waals surface area (Å²) in [6, 6.07) is 5.12. The summed E-state index contributed by atoms with van der Waals surface area (Å²) < 4.78 is 33.5. The number of halogens is 2. The average Bonchev–Trinajstić information content (AvgIpc) is 3.65. The van der Waals surface area contributed by atoms with Gasteiger partial charge in [-0.15, -0.1) is 0 Å². The first kappa shape index (κ1) is 45.4. The Balaban J connectivity index is 0.714. The van der Waals surface area contributed by atoms with Crippen LogP contribution in [0.25, 0.3) is 11.4 Å². The molecular formula is C43H56F2N14O6. The van der Waals surface area contributed by atoms with E-state index in [9.17, 15) is 32.8 Å². The number of fused-ring (bicyclic) bond motifs is 1. The van der Waals surface area contributed by atoms with E-state index in [-0.39, 0.29) is 60.2 Å². The summed E-state index contributed by atoms with van der Waals surface area (Å²) in [6.45, 7) is 8.49. The number of nitrogens with zero attached hydrogens (tertiary/aromatic N) is 11. The van der Waals surface area contributed by atoms with Crippen LogP contribution in [0.1, 0.15) is 79.4 Å². The molecule has 1 atom stereocenters. The minimum atomic E-state index is -2.93. The normalized spacial score (nSPS) is 19.5. The lowest BCUT2D eigenvalue weighted by atomic mass is 10.0. The Labute approximate surface area is 375 Å². The Bertz CT molecular complexity index is 2230. The number of piperazine rings is 2. The fourth-order valence-corrected chi connectivity index (χ4v) is 8.89. The highest BCUT2D eigenvalue weighted by Gasteiger charge is 2.39. The Kier molecular flexibility index (Phi) is 14.5. The summed E-state index contributed by atoms with van der Waals surface area (Å²) in [7, 11) is 0. The first-order valence-corrected chi connectivity index (χ1v) is 22.5. The molecule has 4 fully saturated rings. The second kappa shape index (κ2) is 20.8. The van der Waals surface area contributed by atoms with E-state index in [1.54, 1.807) is 9.80 Å². The number of carbonyl (C=O) groups excluding carboxylic acids is 5. The van der Waals surface area contributed by atoms with E-state index in [0.29, 0.717) is 96.0 Å². The molecular weight excluding hydrogens is 847 g/mol. The molecule has 65 heavy (non-hydrogen) atoms. The number of piperidine rings is 1. The second-order valence-electron chi connectivity index (χ2n) is 16.9. The van der Waals surface area contributed by atoms with Gasteiger partial charge < -0.3 is 40.3 Å². The number of aromatic nitrogens is 5. The summed E-state index contributed by atoms with van der Waals surface area (Å²) in [6.07, 6.45) is 3.27. The van der Waals surface area contributed by atoms with Gasteiger partial charge in [0.2, 0.25) is 41.5 Å². The van der Waals surface area contributed by atoms with Crippen LogP contribution < -0.4 is 26.2 Å². The molecule has 2 aromatic heterocycles. The molecule has 22 heteroatoms. The van der Waals surface area contributed by atoms with Crippen LogP contribution in [0.15, 0.2) is 24.4 Å². The topological polar surface area (TPSA) is 229 Å². The lowest BCUT2D eigenvalue weighted by molar-refractivity contribution is -0.138. The van der Waals surface area contributed by atoms with Crippen molar-refractivity contribution in [3.8, 4) is 11.4 Å². The van der Waals surface area contributed by atoms with Crippen molar-refractivity contribution in [2.24, 2.45) is 0 Å². The molecule has 5 aliphatic heterocycles. The number of rotatable bonds is 16. The zero-order valence-electron chi connectivity index (χ0n) is 36.4. The first-order chi connectivity index (χ1) is 31.5. The van der Waals surface area contributed by atoms with Gasteiger partial charge in [0.1, 0.15) is 11.7 Å². The number of nitrogen functional groups attached to an aromatic ring is 1. The quantitative estimate of drug-likeness (QED) is 0.137. The lowest BCUT2D eigenvalue weighted by Crippen LogP contribution is -2.52. The molecule has 4 saturated heterocycles. The van der Waals surface area contributed by atoms with Crippen molar-refractivity contribution in [2.45, 2.75) is 70.4 Å². The largest absolute Gasteiger partial charge is 0.385 e. The molecule has 0 saturated carbocycles. The molecule has 20 nitrogen and oxygen atoms in total. The van der Waals surface area contributed by atoms with Crippen LogP contribution in [0.3, 0.4) is 0 Å². The predicted octanol–water partition coefficient (Wildman–Crippen LogP) is 1.69. The molecule has 0 aliphatic carbocycles. The van der Waals surface area contributed by atoms with E-state index in [0.717, 1.165) is 63.1 Å². The molecule has 3 aromatic rings. The van der Waals surface area contributed by atoms with E-state index in [1.807, 2.05) is 32.9 Å². The van der Waals surface area contributed by atoms with Gasteiger partial charge in [0.25, 0.3) is 12.3 Å². The van der Waals surface area contributed by atoms with Crippen molar-refractivity contribution in [2.75, 3.05) is 113 Å². The Morgan fingerprint density at radius 3 is 2.15 bits per heavy atom. The summed E-state index contributed by atoms with van der Waals surface area (Å²) in [4.78, 5) is 96.2. The monoisotopic (exact) mass is 902 g/mol. The average molecular weight is 903 g/mol. The summed E-state index contributed by atoms with van der Waals surface area (Å²) in [5.41, 5.74) is 7.35. The smallest absolute Gasteiger partial charge is 0.281 e. The van der Waals surface area contributed by atoms with Crippen molar-refractivity contribution in [3.05, 3.63) is 41.2 Å². The van der Waals surface area contributed by atoms with Crippen LogP contribution >= 0.6 is 0 Å². The SMILES string of the molecule is Nc1ncc(-c2nc(N3CCOCC3)nc(N3CCN(C(=O)CCC(=O)N4CCN(CCCCCCNc5ccc6c(c5)C(=O)N(C5CCC(=O)NC5=O)C6)CC4)CC3)n2)c(C(F)F)n1. The molecule has 1 unspecified atom stereocenters. The third kappa shape index (κ3) is 11.0. The maximum absolute atomic E-state index is 14.0. The van der Waals surface area contributed by atoms with Gasteiger partial charge in [0, 0.05) is 115 Å². The van der Waals surface area contributed by atoms with Crippen LogP contribution in [-0.4, -0.2) is 172 Å². The van der Waals surface area contributed by atoms with Crippen LogP contribution in [0.2, 0.25) is 0 Å². The van der Waals surface area contributed by atoms with E-state index < -0.39 is 24.1 Å². The highest BCUT2D eigenvalue weighted by Crippen LogP contribution is 2.31. The van der Waals surface area contributed by atoms with Crippen molar-refractivity contribution >= 4 is 53.1 Å². The number of amides is 5. The van der Waals surface area contributed by atoms with E-state index >= 15 is 0 Å². The molecule has 7 heterocycles. The van der Waals surface area contributed by atoms with Gasteiger partial charge in [-0.05, 0) is 43.5 Å². The number of imide groups is 1. The van der Waals surface area contributed by atoms with Gasteiger partial charge in [0.05, 0.1) is 18.8 Å². The fraction of sp³-hybridized carbons (Fsp3) is 0.581. The van der Waals surface area contributed by atoms with Gasteiger partial charge in [-0.2, -0.15) is 15.0 Å². The number of morpholine rings is 1. The number of nitrogens with two attached hydrogens (primary N) is 1. The number of anilines is 4. The number of unbranched alkanes of at least 4 members (excludes halogenated alkanes) is 3. The Hall–Kier alpha value is -6.16. The zero-order valence-corrected chi connectivity index (χ0v) is 36.4. The summed E-state index contributed by atoms with van der Waals surface area (Å²) in [5, 5.41) is 5.76. The van der Waals surface area contributed by atoms with Gasteiger partial charge in [-0.25, -0.2) is 18.7 Å². The number of alkyl halides is 2. The van der Waals surface area contributed by atoms with Gasteiger partial charge in [-0.1, -0.05) is 18.9 Å². The van der Waals surface area contributed by atoms with Crippen molar-refractivity contribution in [1.82, 2.24) is 49.8 Å². The van der Waals surface area contributed by atoms with Gasteiger partial charge >= 0.3 is 0 Å². The Morgan fingerprint density at radius 2 is 1.48 bits per heavy atom. The standard InChI is InChI=1S/C43H56F2N14O6/c44-37(45)36-31(26-48-41(46)50-36)38-51-42(53-43(52-38)58-21-23-65-24-22-58)57-19-17-56(18-20-57)35(62)10-9-34(61)55-15-13-54(14-16-55)12-4-2-1-3-11-47-29-6-5-28-27-59(40(64)30(28)25-29)32-7-8-33(60)49-39(32)63/h5-6,25-26,32,37,47H,1-4,7-24,27H2,(H2,46,48,50)(H,49,60,63). The maximum atomic E-state index is 14.0. The zero-order chi connectivity index (χ0) is 45.5. The van der Waals surface area contributed by atoms with Crippen molar-refractivity contribution in [3.63, 3.8) is 0 Å². The van der Waals surface area contributed by atoms with Crippen LogP contribution in [-0.2, 0) is 30.5 Å². The Morgan fingerprint density at radius 1 is 0.815 bits per heavy atom. The number of hydrogen-bond acceptors (Lipinski definition) is 16. The second-order valence-corrected chi connectivity index (χ2v) is 16.9. The number of nitrogens with one attached hydrogen (secondary N) is 2. The van der Waals surface area contributed by atoms with E-state index in [2.05, 4.69) is 40.5 Å². The highest BCUT2D eigenvalue weighted by molar-refractivity contribution is 6.05. The molecule has 8 rings (SSSR count). The van der Waals surface area contributed by atoms with Crippen molar-refractivity contribution < 1.29 is 37.5 Å². The molecule has 0 bridgehead atoms. The predicted molar refractivity (Wildman–Crippen MR) is 234 cm³/mol. The number of benzene rings is 1. The number of hydrogen-bond donors (Lipinski definition) is 3. The molecule has 5 amide bonds. The van der Waals surface area contributed by atoms with Crippen LogP contribution in [0.5, 0.6) is 0 Å². The maximum Gasteiger partial charge on any atom is 0.281 e. The molecule has 1 aromatic carbocycles. The van der Waals surface area contributed by atoms with E-state index in [1.165, 1.54) is 6.20 Å². The number of carbonyl (C=O) groups is 5. The van der Waals surface area contributed by atoms with Crippen molar-refractivity contribution in [1.29, 1.82) is 0 Å². The summed E-state index contributed by atoms with van der Waals surface area (Å²) in [5.74, 6) is -0.678. The molecule has 348 valence electrons. The number of ether oxygens (including phenoxy) is 1. The summed E-state index contributed by atoms with van der Waals surface area (Å²) >= 11 is 0. The third-order valence-electron chi connectivity index (χ3n) is 12.6. The fourth-order valence-electron chi connectivity index (χ4n) is 8.89. The molecule has 5 aliphatic rings. The highest BCUT2D eigenvalue weighted by atomic mass is 19.3. The first-order valence-electron chi connectivity index (χ1n) is 22.5. The minimum absolute atomic E-state index is 0.00313.